The summed E-state index contributed by atoms with van der Waals surface area (Å²) >= 11 is 1.87. The minimum atomic E-state index is 0.358. The number of nitrogens with one attached hydrogen (secondary N) is 1. The fourth-order valence-corrected chi connectivity index (χ4v) is 3.79. The van der Waals surface area contributed by atoms with E-state index in [1.807, 2.05) is 11.3 Å². The second-order valence-corrected chi connectivity index (χ2v) is 6.58. The molecule has 2 nitrogen and oxygen atoms in total. The van der Waals surface area contributed by atoms with Crippen LogP contribution >= 0.6 is 11.3 Å². The summed E-state index contributed by atoms with van der Waals surface area (Å²) in [5.41, 5.74) is 3.01. The van der Waals surface area contributed by atoms with Gasteiger partial charge in [0, 0.05) is 9.75 Å². The van der Waals surface area contributed by atoms with Crippen LogP contribution in [0.3, 0.4) is 0 Å². The molecule has 0 aromatic carbocycles. The van der Waals surface area contributed by atoms with Crippen molar-refractivity contribution in [1.29, 1.82) is 0 Å². The maximum Gasteiger partial charge on any atom is 0.0556 e. The molecule has 1 unspecified atom stereocenters. The van der Waals surface area contributed by atoms with Gasteiger partial charge in [0.05, 0.1) is 6.04 Å². The highest BCUT2D eigenvalue weighted by atomic mass is 32.1. The van der Waals surface area contributed by atoms with E-state index in [-0.39, 0.29) is 0 Å². The van der Waals surface area contributed by atoms with Crippen LogP contribution in [0.5, 0.6) is 0 Å². The van der Waals surface area contributed by atoms with E-state index in [9.17, 15) is 0 Å². The predicted octanol–water partition coefficient (Wildman–Crippen LogP) is 3.92. The minimum Gasteiger partial charge on any atom is -0.271 e. The van der Waals surface area contributed by atoms with Crippen LogP contribution < -0.4 is 11.3 Å². The van der Waals surface area contributed by atoms with Gasteiger partial charge in [-0.3, -0.25) is 11.3 Å². The van der Waals surface area contributed by atoms with Crippen LogP contribution in [-0.2, 0) is 0 Å². The predicted molar refractivity (Wildman–Crippen MR) is 74.9 cm³/mol. The molecule has 0 saturated heterocycles. The Morgan fingerprint density at radius 2 is 2.00 bits per heavy atom. The topological polar surface area (TPSA) is 38.0 Å². The molecule has 3 N–H and O–H groups in total. The van der Waals surface area contributed by atoms with Crippen molar-refractivity contribution in [2.24, 2.45) is 11.8 Å². The van der Waals surface area contributed by atoms with Crippen LogP contribution in [0.25, 0.3) is 0 Å². The van der Waals surface area contributed by atoms with E-state index in [1.165, 1.54) is 54.7 Å². The number of nitrogens with two attached hydrogens (primary N) is 1. The second-order valence-electron chi connectivity index (χ2n) is 5.26. The Balaban J connectivity index is 1.94. The Morgan fingerprint density at radius 3 is 2.53 bits per heavy atom. The van der Waals surface area contributed by atoms with Crippen LogP contribution in [0.4, 0.5) is 0 Å². The summed E-state index contributed by atoms with van der Waals surface area (Å²) in [5, 5.41) is 0. The molecule has 0 bridgehead atoms. The van der Waals surface area contributed by atoms with Crippen molar-refractivity contribution < 1.29 is 0 Å². The zero-order valence-electron chi connectivity index (χ0n) is 10.7. The highest BCUT2D eigenvalue weighted by Crippen LogP contribution is 2.33. The van der Waals surface area contributed by atoms with Crippen molar-refractivity contribution in [3.8, 4) is 0 Å². The third-order valence-electron chi connectivity index (χ3n) is 3.85. The SMILES string of the molecule is Cc1ccc(C(CC2CCCCCC2)NN)s1. The lowest BCUT2D eigenvalue weighted by Gasteiger charge is -2.21. The smallest absolute Gasteiger partial charge is 0.0556 e. The summed E-state index contributed by atoms with van der Waals surface area (Å²) in [6, 6.07) is 4.77. The summed E-state index contributed by atoms with van der Waals surface area (Å²) in [4.78, 5) is 2.77. The first-order valence-corrected chi connectivity index (χ1v) is 7.63. The second kappa shape index (κ2) is 6.53. The van der Waals surface area contributed by atoms with Crippen molar-refractivity contribution in [3.05, 3.63) is 21.9 Å². The summed E-state index contributed by atoms with van der Waals surface area (Å²) in [5.74, 6) is 6.59. The molecule has 17 heavy (non-hydrogen) atoms. The van der Waals surface area contributed by atoms with Gasteiger partial charge in [0.15, 0.2) is 0 Å². The van der Waals surface area contributed by atoms with E-state index in [0.29, 0.717) is 6.04 Å². The molecular formula is C14H24N2S. The largest absolute Gasteiger partial charge is 0.271 e. The molecule has 96 valence electrons. The average molecular weight is 252 g/mol. The van der Waals surface area contributed by atoms with E-state index >= 15 is 0 Å². The molecule has 1 aliphatic carbocycles. The fraction of sp³-hybridized carbons (Fsp3) is 0.714. The molecule has 0 amide bonds. The molecule has 1 saturated carbocycles. The zero-order chi connectivity index (χ0) is 12.1. The van der Waals surface area contributed by atoms with Gasteiger partial charge >= 0.3 is 0 Å². The first kappa shape index (κ1) is 13.1. The van der Waals surface area contributed by atoms with E-state index in [0.717, 1.165) is 5.92 Å². The van der Waals surface area contributed by atoms with Gasteiger partial charge in [0.2, 0.25) is 0 Å². The van der Waals surface area contributed by atoms with Crippen molar-refractivity contribution in [2.45, 2.75) is 57.9 Å². The van der Waals surface area contributed by atoms with Crippen LogP contribution in [-0.4, -0.2) is 0 Å². The van der Waals surface area contributed by atoms with Crippen LogP contribution in [0.1, 0.15) is 60.7 Å². The molecule has 3 heteroatoms. The third kappa shape index (κ3) is 3.80. The molecule has 1 heterocycles. The number of thiophene rings is 1. The lowest BCUT2D eigenvalue weighted by atomic mass is 9.92. The van der Waals surface area contributed by atoms with Gasteiger partial charge in [0.25, 0.3) is 0 Å². The molecule has 0 aliphatic heterocycles. The number of rotatable bonds is 4. The molecule has 1 fully saturated rings. The summed E-state index contributed by atoms with van der Waals surface area (Å²) in [6.45, 7) is 2.16. The Hall–Kier alpha value is -0.380. The van der Waals surface area contributed by atoms with Gasteiger partial charge < -0.3 is 0 Å². The van der Waals surface area contributed by atoms with Crippen molar-refractivity contribution in [3.63, 3.8) is 0 Å². The van der Waals surface area contributed by atoms with Crippen LogP contribution in [0.15, 0.2) is 12.1 Å². The van der Waals surface area contributed by atoms with Gasteiger partial charge in [-0.05, 0) is 31.4 Å². The fourth-order valence-electron chi connectivity index (χ4n) is 2.84. The van der Waals surface area contributed by atoms with Crippen molar-refractivity contribution in [1.82, 2.24) is 5.43 Å². The molecule has 1 atom stereocenters. The molecule has 1 aromatic rings. The van der Waals surface area contributed by atoms with Gasteiger partial charge in [-0.2, -0.15) is 0 Å². The molecule has 1 aliphatic rings. The van der Waals surface area contributed by atoms with Crippen LogP contribution in [0, 0.1) is 12.8 Å². The molecular weight excluding hydrogens is 228 g/mol. The normalized spacial score (nSPS) is 20.1. The summed E-state index contributed by atoms with van der Waals surface area (Å²) < 4.78 is 0. The number of hydrazine groups is 1. The highest BCUT2D eigenvalue weighted by Gasteiger charge is 2.19. The quantitative estimate of drug-likeness (QED) is 0.484. The maximum absolute atomic E-state index is 5.73. The number of hydrogen-bond donors (Lipinski definition) is 2. The first-order chi connectivity index (χ1) is 8.29. The standard InChI is InChI=1S/C14H24N2S/c1-11-8-9-14(17-11)13(16-15)10-12-6-4-2-3-5-7-12/h8-9,12-13,16H,2-7,10,15H2,1H3. The first-order valence-electron chi connectivity index (χ1n) is 6.82. The Morgan fingerprint density at radius 1 is 1.29 bits per heavy atom. The third-order valence-corrected chi connectivity index (χ3v) is 4.96. The zero-order valence-corrected chi connectivity index (χ0v) is 11.6. The van der Waals surface area contributed by atoms with E-state index in [4.69, 9.17) is 5.84 Å². The van der Waals surface area contributed by atoms with E-state index in [2.05, 4.69) is 24.5 Å². The maximum atomic E-state index is 5.73. The minimum absolute atomic E-state index is 0.358. The Bertz CT molecular complexity index is 327. The Kier molecular flexibility index (Phi) is 5.01. The Labute approximate surface area is 109 Å². The van der Waals surface area contributed by atoms with Gasteiger partial charge in [-0.25, -0.2) is 0 Å². The van der Waals surface area contributed by atoms with Gasteiger partial charge in [0.1, 0.15) is 0 Å². The molecule has 2 rings (SSSR count). The molecule has 0 spiro atoms. The van der Waals surface area contributed by atoms with Gasteiger partial charge in [-0.1, -0.05) is 38.5 Å². The summed E-state index contributed by atoms with van der Waals surface area (Å²) in [7, 11) is 0. The van der Waals surface area contributed by atoms with Gasteiger partial charge in [-0.15, -0.1) is 11.3 Å². The number of hydrogen-bond acceptors (Lipinski definition) is 3. The monoisotopic (exact) mass is 252 g/mol. The lowest BCUT2D eigenvalue weighted by Crippen LogP contribution is -2.29. The van der Waals surface area contributed by atoms with Crippen LogP contribution in [0.2, 0.25) is 0 Å². The lowest BCUT2D eigenvalue weighted by molar-refractivity contribution is 0.362. The number of aryl methyl sites for hydroxylation is 1. The van der Waals surface area contributed by atoms with Crippen molar-refractivity contribution in [2.75, 3.05) is 0 Å². The highest BCUT2D eigenvalue weighted by molar-refractivity contribution is 7.12. The molecule has 1 aromatic heterocycles. The van der Waals surface area contributed by atoms with E-state index < -0.39 is 0 Å². The van der Waals surface area contributed by atoms with E-state index in [1.54, 1.807) is 0 Å². The molecule has 0 radical (unpaired) electrons. The summed E-state index contributed by atoms with van der Waals surface area (Å²) in [6.07, 6.45) is 9.66. The van der Waals surface area contributed by atoms with Crippen molar-refractivity contribution >= 4 is 11.3 Å². The average Bonchev–Trinajstić information content (AvgIpc) is 2.62.